The molecule has 3 rings (SSSR count). The smallest absolute Gasteiger partial charge is 0.330 e. The van der Waals surface area contributed by atoms with Crippen LogP contribution in [0.1, 0.15) is 44.2 Å². The normalized spacial score (nSPS) is 14.9. The molecule has 1 aromatic heterocycles. The van der Waals surface area contributed by atoms with Crippen LogP contribution in [0.15, 0.2) is 40.1 Å². The van der Waals surface area contributed by atoms with Gasteiger partial charge in [-0.1, -0.05) is 25.0 Å². The van der Waals surface area contributed by atoms with E-state index in [1.807, 2.05) is 29.2 Å². The average molecular weight is 470 g/mol. The van der Waals surface area contributed by atoms with Crippen LogP contribution in [-0.4, -0.2) is 36.9 Å². The van der Waals surface area contributed by atoms with Gasteiger partial charge in [0.2, 0.25) is 15.8 Å². The molecule has 9 nitrogen and oxygen atoms in total. The van der Waals surface area contributed by atoms with Gasteiger partial charge in [0.05, 0.1) is 18.6 Å². The van der Waals surface area contributed by atoms with Gasteiger partial charge in [-0.3, -0.25) is 14.3 Å². The Kier molecular flexibility index (Phi) is 8.21. The van der Waals surface area contributed by atoms with Crippen molar-refractivity contribution in [2.75, 3.05) is 19.0 Å². The quantitative estimate of drug-likeness (QED) is 0.433. The number of sulfonamides is 1. The Bertz CT molecular complexity index is 1130. The fourth-order valence-corrected chi connectivity index (χ4v) is 4.40. The van der Waals surface area contributed by atoms with E-state index in [-0.39, 0.29) is 25.5 Å². The van der Waals surface area contributed by atoms with Crippen LogP contribution >= 0.6 is 0 Å². The van der Waals surface area contributed by atoms with Crippen LogP contribution in [0.3, 0.4) is 0 Å². The summed E-state index contributed by atoms with van der Waals surface area (Å²) >= 11 is 0. The second-order valence-corrected chi connectivity index (χ2v) is 9.78. The number of hydrogen-bond donors (Lipinski definition) is 2. The van der Waals surface area contributed by atoms with E-state index >= 15 is 0 Å². The summed E-state index contributed by atoms with van der Waals surface area (Å²) in [5, 5.41) is 0. The predicted molar refractivity (Wildman–Crippen MR) is 116 cm³/mol. The summed E-state index contributed by atoms with van der Waals surface area (Å²) in [4.78, 5) is 24.3. The number of aromatic amines is 1. The number of benzene rings is 1. The van der Waals surface area contributed by atoms with Crippen molar-refractivity contribution >= 4 is 10.0 Å². The summed E-state index contributed by atoms with van der Waals surface area (Å²) in [6.45, 7) is 2.15. The monoisotopic (exact) mass is 469 g/mol. The second kappa shape index (κ2) is 10.9. The van der Waals surface area contributed by atoms with Crippen LogP contribution in [0, 0.1) is 11.7 Å². The zero-order chi connectivity index (χ0) is 23.1. The molecule has 0 aliphatic heterocycles. The highest BCUT2D eigenvalue weighted by molar-refractivity contribution is 7.89. The van der Waals surface area contributed by atoms with E-state index in [9.17, 15) is 22.4 Å². The van der Waals surface area contributed by atoms with Gasteiger partial charge in [0.25, 0.3) is 5.56 Å². The van der Waals surface area contributed by atoms with Gasteiger partial charge in [-0.25, -0.2) is 17.9 Å². The Morgan fingerprint density at radius 1 is 1.28 bits per heavy atom. The van der Waals surface area contributed by atoms with E-state index in [0.717, 1.165) is 34.4 Å². The van der Waals surface area contributed by atoms with Crippen LogP contribution < -0.4 is 20.7 Å². The van der Waals surface area contributed by atoms with Crippen molar-refractivity contribution in [3.05, 3.63) is 62.7 Å². The minimum atomic E-state index is -3.57. The third-order valence-corrected chi connectivity index (χ3v) is 6.64. The maximum absolute atomic E-state index is 13.2. The van der Waals surface area contributed by atoms with Crippen molar-refractivity contribution in [1.29, 1.82) is 0 Å². The summed E-state index contributed by atoms with van der Waals surface area (Å²) < 4.78 is 52.5. The number of rotatable bonds is 13. The fourth-order valence-electron chi connectivity index (χ4n) is 3.11. The third kappa shape index (κ3) is 7.57. The van der Waals surface area contributed by atoms with Crippen molar-refractivity contribution in [3.63, 3.8) is 0 Å². The van der Waals surface area contributed by atoms with E-state index in [4.69, 9.17) is 9.47 Å². The topological polar surface area (TPSA) is 119 Å². The molecule has 1 saturated carbocycles. The van der Waals surface area contributed by atoms with Gasteiger partial charge < -0.3 is 9.47 Å². The van der Waals surface area contributed by atoms with Gasteiger partial charge >= 0.3 is 5.69 Å². The van der Waals surface area contributed by atoms with E-state index < -0.39 is 33.1 Å². The van der Waals surface area contributed by atoms with Gasteiger partial charge in [0.15, 0.2) is 0 Å². The number of hydrogen-bond acceptors (Lipinski definition) is 6. The fraction of sp³-hybridized carbons (Fsp3) is 0.524. The highest BCUT2D eigenvalue weighted by atomic mass is 32.2. The first kappa shape index (κ1) is 24.1. The molecule has 0 spiro atoms. The number of H-pyrrole nitrogens is 1. The zero-order valence-electron chi connectivity index (χ0n) is 17.9. The minimum Gasteiger partial charge on any atom is -0.494 e. The first-order valence-corrected chi connectivity index (χ1v) is 12.2. The van der Waals surface area contributed by atoms with Crippen LogP contribution in [-0.2, 0) is 21.5 Å². The first-order chi connectivity index (χ1) is 15.2. The highest BCUT2D eigenvalue weighted by Gasteiger charge is 2.21. The molecule has 11 heteroatoms. The van der Waals surface area contributed by atoms with Gasteiger partial charge in [-0.15, -0.1) is 0 Å². The lowest BCUT2D eigenvalue weighted by Crippen LogP contribution is -2.32. The lowest BCUT2D eigenvalue weighted by molar-refractivity contribution is 0.0736. The molecule has 1 aliphatic rings. The minimum absolute atomic E-state index is 0.0345. The molecule has 0 unspecified atom stereocenters. The molecule has 2 N–H and O–H groups in total. The SMILES string of the molecule is C[C@@H](NS(=O)(=O)CCCOCn1cc(F)c(=O)[nH]c1=O)c1cccc(OCCC2CC2)c1. The number of ether oxygens (including phenoxy) is 2. The lowest BCUT2D eigenvalue weighted by Gasteiger charge is -2.16. The molecule has 0 radical (unpaired) electrons. The maximum atomic E-state index is 13.2. The molecule has 1 aromatic carbocycles. The van der Waals surface area contributed by atoms with Crippen molar-refractivity contribution in [3.8, 4) is 5.75 Å². The Morgan fingerprint density at radius 3 is 2.81 bits per heavy atom. The molecule has 0 amide bonds. The molecule has 1 aliphatic carbocycles. The largest absolute Gasteiger partial charge is 0.494 e. The van der Waals surface area contributed by atoms with E-state index in [1.54, 1.807) is 6.92 Å². The first-order valence-electron chi connectivity index (χ1n) is 10.5. The second-order valence-electron chi connectivity index (χ2n) is 7.91. The number of halogens is 1. The van der Waals surface area contributed by atoms with Crippen molar-refractivity contribution in [1.82, 2.24) is 14.3 Å². The predicted octanol–water partition coefficient (Wildman–Crippen LogP) is 1.90. The van der Waals surface area contributed by atoms with E-state index in [1.165, 1.54) is 12.8 Å². The van der Waals surface area contributed by atoms with Gasteiger partial charge in [0.1, 0.15) is 12.5 Å². The molecular formula is C21H28FN3O6S. The van der Waals surface area contributed by atoms with Gasteiger partial charge in [-0.05, 0) is 43.4 Å². The highest BCUT2D eigenvalue weighted by Crippen LogP contribution is 2.32. The Morgan fingerprint density at radius 2 is 2.06 bits per heavy atom. The van der Waals surface area contributed by atoms with Gasteiger partial charge in [0, 0.05) is 12.6 Å². The average Bonchev–Trinajstić information content (AvgIpc) is 3.55. The van der Waals surface area contributed by atoms with E-state index in [0.29, 0.717) is 6.61 Å². The molecule has 0 bridgehead atoms. The Labute approximate surface area is 185 Å². The summed E-state index contributed by atoms with van der Waals surface area (Å²) in [6, 6.07) is 6.93. The number of nitrogens with one attached hydrogen (secondary N) is 2. The van der Waals surface area contributed by atoms with Crippen molar-refractivity contribution in [2.45, 2.75) is 45.4 Å². The molecule has 0 saturated heterocycles. The summed E-state index contributed by atoms with van der Waals surface area (Å²) in [6.07, 6.45) is 4.51. The lowest BCUT2D eigenvalue weighted by atomic mass is 10.1. The van der Waals surface area contributed by atoms with Crippen LogP contribution in [0.5, 0.6) is 5.75 Å². The summed E-state index contributed by atoms with van der Waals surface area (Å²) in [7, 11) is -3.57. The molecule has 2 aromatic rings. The number of nitrogens with zero attached hydrogens (tertiary/aromatic N) is 1. The Hall–Kier alpha value is -2.50. The summed E-state index contributed by atoms with van der Waals surface area (Å²) in [5.74, 6) is 0.221. The van der Waals surface area contributed by atoms with Crippen molar-refractivity contribution < 1.29 is 22.3 Å². The molecule has 1 atom stereocenters. The standard InChI is InChI=1S/C21H28FN3O6S/c1-15(17-4-2-5-18(12-17)31-10-8-16-6-7-16)24-32(28,29)11-3-9-30-14-25-13-19(22)20(26)23-21(25)27/h2,4-5,12-13,15-16,24H,3,6-11,14H2,1H3,(H,23,26,27)/t15-/m1/s1. The maximum Gasteiger partial charge on any atom is 0.330 e. The molecular weight excluding hydrogens is 441 g/mol. The van der Waals surface area contributed by atoms with Crippen LogP contribution in [0.25, 0.3) is 0 Å². The summed E-state index contributed by atoms with van der Waals surface area (Å²) in [5.41, 5.74) is -1.11. The molecule has 176 valence electrons. The van der Waals surface area contributed by atoms with E-state index in [2.05, 4.69) is 4.72 Å². The molecule has 32 heavy (non-hydrogen) atoms. The molecule has 1 fully saturated rings. The molecule has 1 heterocycles. The number of aromatic nitrogens is 2. The Balaban J connectivity index is 1.42. The third-order valence-electron chi connectivity index (χ3n) is 5.11. The van der Waals surface area contributed by atoms with Crippen LogP contribution in [0.2, 0.25) is 0 Å². The van der Waals surface area contributed by atoms with Crippen molar-refractivity contribution in [2.24, 2.45) is 5.92 Å². The zero-order valence-corrected chi connectivity index (χ0v) is 18.7. The van der Waals surface area contributed by atoms with Crippen LogP contribution in [0.4, 0.5) is 4.39 Å². The van der Waals surface area contributed by atoms with Gasteiger partial charge in [-0.2, -0.15) is 4.39 Å².